The molecule has 2 aromatic carbocycles. The number of carbonyl (C=O) groups is 2. The van der Waals surface area contributed by atoms with Crippen LogP contribution in [-0.2, 0) is 4.79 Å². The Hall–Kier alpha value is -3.61. The van der Waals surface area contributed by atoms with Gasteiger partial charge < -0.3 is 20.4 Å². The van der Waals surface area contributed by atoms with Gasteiger partial charge in [0.25, 0.3) is 5.91 Å². The largest absolute Gasteiger partial charge is 0.497 e. The van der Waals surface area contributed by atoms with Crippen molar-refractivity contribution >= 4 is 28.4 Å². The van der Waals surface area contributed by atoms with Gasteiger partial charge in [-0.15, -0.1) is 0 Å². The molecular weight excluding hydrogens is 370 g/mol. The highest BCUT2D eigenvalue weighted by atomic mass is 16.5. The number of aromatic nitrogens is 1. The van der Waals surface area contributed by atoms with E-state index in [1.807, 2.05) is 32.9 Å². The van der Waals surface area contributed by atoms with Crippen molar-refractivity contribution in [3.8, 4) is 5.75 Å². The standard InChI is InChI=1S/C22H23N3O4/c1-12-7-13(2)20(14(3)8-12)25-19(26)11-24-22(28)17-10-23-18-9-15(29-4)5-6-16(18)21(17)27/h5-10H,11H2,1-4H3,(H,23,27)(H,24,28)(H,25,26). The molecule has 3 N–H and O–H groups in total. The van der Waals surface area contributed by atoms with Gasteiger partial charge in [-0.2, -0.15) is 0 Å². The zero-order chi connectivity index (χ0) is 21.1. The number of anilines is 1. The van der Waals surface area contributed by atoms with E-state index in [-0.39, 0.29) is 18.0 Å². The fourth-order valence-electron chi connectivity index (χ4n) is 3.31. The van der Waals surface area contributed by atoms with Crippen molar-refractivity contribution in [3.05, 3.63) is 69.0 Å². The van der Waals surface area contributed by atoms with Crippen LogP contribution in [0.3, 0.4) is 0 Å². The van der Waals surface area contributed by atoms with Gasteiger partial charge in [0.2, 0.25) is 11.3 Å². The Balaban J connectivity index is 1.72. The first-order chi connectivity index (χ1) is 13.8. The Kier molecular flexibility index (Phi) is 5.68. The Morgan fingerprint density at radius 2 is 1.76 bits per heavy atom. The molecule has 0 aliphatic carbocycles. The molecule has 0 aliphatic heterocycles. The summed E-state index contributed by atoms with van der Waals surface area (Å²) in [6.07, 6.45) is 1.34. The quantitative estimate of drug-likeness (QED) is 0.620. The highest BCUT2D eigenvalue weighted by molar-refractivity contribution is 6.01. The number of hydrogen-bond donors (Lipinski definition) is 3. The molecule has 0 bridgehead atoms. The molecule has 29 heavy (non-hydrogen) atoms. The number of carbonyl (C=O) groups excluding carboxylic acids is 2. The summed E-state index contributed by atoms with van der Waals surface area (Å²) in [5.41, 5.74) is 3.83. The molecule has 1 aromatic heterocycles. The molecule has 0 fully saturated rings. The third-order valence-electron chi connectivity index (χ3n) is 4.68. The number of fused-ring (bicyclic) bond motifs is 1. The number of methoxy groups -OCH3 is 1. The van der Waals surface area contributed by atoms with Gasteiger partial charge in [-0.25, -0.2) is 0 Å². The summed E-state index contributed by atoms with van der Waals surface area (Å²) >= 11 is 0. The molecule has 0 saturated heterocycles. The SMILES string of the molecule is COc1ccc2c(=O)c(C(=O)NCC(=O)Nc3c(C)cc(C)cc3C)c[nH]c2c1. The molecule has 3 rings (SSSR count). The number of aromatic amines is 1. The first-order valence-corrected chi connectivity index (χ1v) is 9.15. The van der Waals surface area contributed by atoms with Gasteiger partial charge >= 0.3 is 0 Å². The summed E-state index contributed by atoms with van der Waals surface area (Å²) in [6.45, 7) is 5.57. The van der Waals surface area contributed by atoms with Crippen LogP contribution in [0.5, 0.6) is 5.75 Å². The van der Waals surface area contributed by atoms with Crippen LogP contribution >= 0.6 is 0 Å². The third kappa shape index (κ3) is 4.29. The maximum absolute atomic E-state index is 12.6. The van der Waals surface area contributed by atoms with Crippen LogP contribution in [0, 0.1) is 20.8 Å². The number of amides is 2. The molecule has 0 spiro atoms. The maximum atomic E-state index is 12.6. The van der Waals surface area contributed by atoms with Crippen LogP contribution in [0.4, 0.5) is 5.69 Å². The number of ether oxygens (including phenoxy) is 1. The summed E-state index contributed by atoms with van der Waals surface area (Å²) in [5, 5.41) is 5.69. The maximum Gasteiger partial charge on any atom is 0.257 e. The lowest BCUT2D eigenvalue weighted by Crippen LogP contribution is -2.35. The van der Waals surface area contributed by atoms with Crippen molar-refractivity contribution in [1.29, 1.82) is 0 Å². The molecule has 2 amide bonds. The molecule has 0 atom stereocenters. The van der Waals surface area contributed by atoms with Gasteiger partial charge in [0, 0.05) is 23.3 Å². The van der Waals surface area contributed by atoms with Crippen LogP contribution in [-0.4, -0.2) is 30.5 Å². The third-order valence-corrected chi connectivity index (χ3v) is 4.68. The van der Waals surface area contributed by atoms with E-state index in [1.165, 1.54) is 13.3 Å². The first-order valence-electron chi connectivity index (χ1n) is 9.15. The molecule has 7 nitrogen and oxygen atoms in total. The van der Waals surface area contributed by atoms with Crippen LogP contribution in [0.15, 0.2) is 41.3 Å². The van der Waals surface area contributed by atoms with Gasteiger partial charge in [-0.1, -0.05) is 17.7 Å². The number of benzene rings is 2. The summed E-state index contributed by atoms with van der Waals surface area (Å²) in [7, 11) is 1.53. The van der Waals surface area contributed by atoms with Gasteiger partial charge in [-0.05, 0) is 44.0 Å². The van der Waals surface area contributed by atoms with Gasteiger partial charge in [0.1, 0.15) is 11.3 Å². The number of hydrogen-bond acceptors (Lipinski definition) is 4. The lowest BCUT2D eigenvalue weighted by Gasteiger charge is -2.13. The predicted octanol–water partition coefficient (Wildman–Crippen LogP) is 2.83. The number of rotatable bonds is 5. The Bertz CT molecular complexity index is 1140. The van der Waals surface area contributed by atoms with Crippen LogP contribution in [0.25, 0.3) is 10.9 Å². The molecule has 150 valence electrons. The van der Waals surface area contributed by atoms with Crippen molar-refractivity contribution in [2.75, 3.05) is 19.0 Å². The van der Waals surface area contributed by atoms with Crippen molar-refractivity contribution in [1.82, 2.24) is 10.3 Å². The monoisotopic (exact) mass is 393 g/mol. The molecule has 3 aromatic rings. The van der Waals surface area contributed by atoms with Crippen molar-refractivity contribution in [2.24, 2.45) is 0 Å². The van der Waals surface area contributed by atoms with Crippen molar-refractivity contribution in [2.45, 2.75) is 20.8 Å². The minimum atomic E-state index is -0.614. The van der Waals surface area contributed by atoms with Crippen LogP contribution in [0.2, 0.25) is 0 Å². The summed E-state index contributed by atoms with van der Waals surface area (Å²) in [4.78, 5) is 40.2. The van der Waals surface area contributed by atoms with E-state index >= 15 is 0 Å². The summed E-state index contributed by atoms with van der Waals surface area (Å²) < 4.78 is 5.13. The van der Waals surface area contributed by atoms with E-state index in [0.717, 1.165) is 22.4 Å². The lowest BCUT2D eigenvalue weighted by atomic mass is 10.1. The Labute approximate surface area is 168 Å². The number of nitrogens with one attached hydrogen (secondary N) is 3. The van der Waals surface area contributed by atoms with Gasteiger partial charge in [0.15, 0.2) is 0 Å². The minimum Gasteiger partial charge on any atom is -0.497 e. The predicted molar refractivity (Wildman–Crippen MR) is 113 cm³/mol. The highest BCUT2D eigenvalue weighted by Gasteiger charge is 2.15. The number of H-pyrrole nitrogens is 1. The van der Waals surface area contributed by atoms with E-state index in [0.29, 0.717) is 16.7 Å². The lowest BCUT2D eigenvalue weighted by molar-refractivity contribution is -0.115. The topological polar surface area (TPSA) is 100 Å². The zero-order valence-corrected chi connectivity index (χ0v) is 16.8. The van der Waals surface area contributed by atoms with Crippen molar-refractivity contribution < 1.29 is 14.3 Å². The molecule has 0 unspecified atom stereocenters. The molecule has 0 radical (unpaired) electrons. The average Bonchev–Trinajstić information content (AvgIpc) is 2.68. The van der Waals surface area contributed by atoms with E-state index in [4.69, 9.17) is 4.74 Å². The zero-order valence-electron chi connectivity index (χ0n) is 16.8. The molecule has 0 aliphatic rings. The first kappa shape index (κ1) is 20.1. The van der Waals surface area contributed by atoms with Crippen LogP contribution < -0.4 is 20.8 Å². The Morgan fingerprint density at radius 3 is 2.41 bits per heavy atom. The molecule has 7 heteroatoms. The second-order valence-corrected chi connectivity index (χ2v) is 6.95. The second-order valence-electron chi connectivity index (χ2n) is 6.95. The minimum absolute atomic E-state index is 0.0573. The number of aryl methyl sites for hydroxylation is 3. The summed E-state index contributed by atoms with van der Waals surface area (Å²) in [5.74, 6) is -0.379. The molecular formula is C22H23N3O4. The Morgan fingerprint density at radius 1 is 1.07 bits per heavy atom. The van der Waals surface area contributed by atoms with E-state index in [1.54, 1.807) is 18.2 Å². The second kappa shape index (κ2) is 8.18. The van der Waals surface area contributed by atoms with Gasteiger partial charge in [0.05, 0.1) is 19.2 Å². The smallest absolute Gasteiger partial charge is 0.257 e. The van der Waals surface area contributed by atoms with Crippen LogP contribution in [0.1, 0.15) is 27.0 Å². The highest BCUT2D eigenvalue weighted by Crippen LogP contribution is 2.21. The average molecular weight is 393 g/mol. The van der Waals surface area contributed by atoms with E-state index in [2.05, 4.69) is 15.6 Å². The van der Waals surface area contributed by atoms with Crippen molar-refractivity contribution in [3.63, 3.8) is 0 Å². The summed E-state index contributed by atoms with van der Waals surface area (Å²) in [6, 6.07) is 8.88. The van der Waals surface area contributed by atoms with E-state index in [9.17, 15) is 14.4 Å². The fourth-order valence-corrected chi connectivity index (χ4v) is 3.31. The van der Waals surface area contributed by atoms with E-state index < -0.39 is 11.3 Å². The fraction of sp³-hybridized carbons (Fsp3) is 0.227. The molecule has 1 heterocycles. The molecule has 0 saturated carbocycles. The normalized spacial score (nSPS) is 10.6. The van der Waals surface area contributed by atoms with Gasteiger partial charge in [-0.3, -0.25) is 14.4 Å². The number of pyridine rings is 1.